The predicted molar refractivity (Wildman–Crippen MR) is 149 cm³/mol. The third kappa shape index (κ3) is 33.3. The molecular weight excluding hydrogens is 456 g/mol. The number of carboxylic acid groups (broad SMARTS) is 1. The molecule has 0 fully saturated rings. The number of rotatable bonds is 32. The Bertz CT molecular complexity index is 418. The van der Waals surface area contributed by atoms with Crippen LogP contribution in [0.1, 0.15) is 135 Å². The fraction of sp³-hybridized carbons (Fsp3) is 0.967. The Hall–Kier alpha value is -0.690. The average molecular weight is 517 g/mol. The summed E-state index contributed by atoms with van der Waals surface area (Å²) in [6.07, 6.45) is 24.7. The molecule has 0 aromatic carbocycles. The first-order valence-corrected chi connectivity index (χ1v) is 15.3. The molecule has 0 unspecified atom stereocenters. The minimum absolute atomic E-state index is 0.334. The predicted octanol–water partition coefficient (Wildman–Crippen LogP) is 7.96. The van der Waals surface area contributed by atoms with Gasteiger partial charge in [-0.25, -0.2) is 0 Å². The number of carbonyl (C=O) groups is 1. The molecule has 0 radical (unpaired) electrons. The van der Waals surface area contributed by atoms with E-state index in [0.717, 1.165) is 38.9 Å². The van der Waals surface area contributed by atoms with Gasteiger partial charge in [0.05, 0.1) is 39.6 Å². The molecule has 0 amide bonds. The van der Waals surface area contributed by atoms with E-state index in [9.17, 15) is 4.79 Å². The van der Waals surface area contributed by atoms with Crippen molar-refractivity contribution in [1.82, 2.24) is 0 Å². The van der Waals surface area contributed by atoms with Crippen molar-refractivity contribution in [2.75, 3.05) is 52.9 Å². The Labute approximate surface area is 223 Å². The van der Waals surface area contributed by atoms with E-state index in [4.69, 9.17) is 24.1 Å². The van der Waals surface area contributed by atoms with E-state index in [1.165, 1.54) is 96.3 Å². The fourth-order valence-corrected chi connectivity index (χ4v) is 4.21. The first-order valence-electron chi connectivity index (χ1n) is 15.3. The molecule has 0 spiro atoms. The van der Waals surface area contributed by atoms with Crippen molar-refractivity contribution >= 4 is 5.97 Å². The molecule has 6 heteroatoms. The zero-order chi connectivity index (χ0) is 26.2. The summed E-state index contributed by atoms with van der Waals surface area (Å²) in [7, 11) is 0. The zero-order valence-electron chi connectivity index (χ0n) is 23.8. The summed E-state index contributed by atoms with van der Waals surface area (Å²) >= 11 is 0. The van der Waals surface area contributed by atoms with E-state index in [1.807, 2.05) is 0 Å². The molecule has 36 heavy (non-hydrogen) atoms. The molecule has 216 valence electrons. The van der Waals surface area contributed by atoms with E-state index in [2.05, 4.69) is 6.92 Å². The number of hydrogen-bond acceptors (Lipinski definition) is 5. The van der Waals surface area contributed by atoms with Gasteiger partial charge in [0.25, 0.3) is 0 Å². The lowest BCUT2D eigenvalue weighted by Crippen LogP contribution is -2.12. The normalized spacial score (nSPS) is 11.4. The zero-order valence-corrected chi connectivity index (χ0v) is 23.8. The summed E-state index contributed by atoms with van der Waals surface area (Å²) in [5.74, 6) is -0.660. The monoisotopic (exact) mass is 516 g/mol. The minimum Gasteiger partial charge on any atom is -0.481 e. The van der Waals surface area contributed by atoms with Gasteiger partial charge in [0.1, 0.15) is 0 Å². The van der Waals surface area contributed by atoms with E-state index in [1.54, 1.807) is 0 Å². The second-order valence-electron chi connectivity index (χ2n) is 9.96. The van der Waals surface area contributed by atoms with Gasteiger partial charge in [-0.1, -0.05) is 110 Å². The van der Waals surface area contributed by atoms with Crippen LogP contribution in [0.25, 0.3) is 0 Å². The van der Waals surface area contributed by atoms with Gasteiger partial charge in [-0.05, 0) is 19.3 Å². The summed E-state index contributed by atoms with van der Waals surface area (Å²) in [6.45, 7) is 7.63. The lowest BCUT2D eigenvalue weighted by Gasteiger charge is -2.07. The van der Waals surface area contributed by atoms with Gasteiger partial charge < -0.3 is 24.1 Å². The molecule has 0 aliphatic carbocycles. The summed E-state index contributed by atoms with van der Waals surface area (Å²) < 4.78 is 21.9. The molecule has 0 rings (SSSR count). The fourth-order valence-electron chi connectivity index (χ4n) is 4.21. The van der Waals surface area contributed by atoms with Crippen molar-refractivity contribution in [1.29, 1.82) is 0 Å². The first kappa shape index (κ1) is 35.3. The maximum Gasteiger partial charge on any atom is 0.303 e. The molecule has 6 nitrogen and oxygen atoms in total. The van der Waals surface area contributed by atoms with E-state index in [0.29, 0.717) is 46.1 Å². The van der Waals surface area contributed by atoms with Gasteiger partial charge in [0.2, 0.25) is 0 Å². The Morgan fingerprint density at radius 3 is 1.03 bits per heavy atom. The molecule has 1 N–H and O–H groups in total. The number of carboxylic acids is 1. The van der Waals surface area contributed by atoms with Gasteiger partial charge in [0, 0.05) is 19.6 Å². The van der Waals surface area contributed by atoms with Crippen molar-refractivity contribution in [3.63, 3.8) is 0 Å². The Morgan fingerprint density at radius 2 is 0.694 bits per heavy atom. The molecule has 0 heterocycles. The topological polar surface area (TPSA) is 74.2 Å². The molecule has 0 atom stereocenters. The quantitative estimate of drug-likeness (QED) is 0.0914. The van der Waals surface area contributed by atoms with Gasteiger partial charge in [-0.2, -0.15) is 0 Å². The molecule has 0 aromatic heterocycles. The SMILES string of the molecule is CCCOCCOCCOCCOCCCCCCCCCCCCCCCCCCCCC(=O)O. The van der Waals surface area contributed by atoms with Crippen LogP contribution in [0, 0.1) is 0 Å². The smallest absolute Gasteiger partial charge is 0.303 e. The third-order valence-corrected chi connectivity index (χ3v) is 6.39. The largest absolute Gasteiger partial charge is 0.481 e. The number of unbranched alkanes of at least 4 members (excludes halogenated alkanes) is 17. The highest BCUT2D eigenvalue weighted by Crippen LogP contribution is 2.14. The summed E-state index contributed by atoms with van der Waals surface area (Å²) in [5.41, 5.74) is 0. The Balaban J connectivity index is 3.02. The lowest BCUT2D eigenvalue weighted by atomic mass is 10.0. The Kier molecular flexibility index (Phi) is 31.7. The van der Waals surface area contributed by atoms with Crippen LogP contribution in [0.3, 0.4) is 0 Å². The van der Waals surface area contributed by atoms with Crippen LogP contribution in [0.5, 0.6) is 0 Å². The van der Waals surface area contributed by atoms with Crippen molar-refractivity contribution in [3.05, 3.63) is 0 Å². The maximum absolute atomic E-state index is 10.5. The summed E-state index contributed by atoms with van der Waals surface area (Å²) in [4.78, 5) is 10.5. The van der Waals surface area contributed by atoms with Crippen LogP contribution in [0.4, 0.5) is 0 Å². The van der Waals surface area contributed by atoms with Crippen LogP contribution >= 0.6 is 0 Å². The highest BCUT2D eigenvalue weighted by atomic mass is 16.6. The number of hydrogen-bond donors (Lipinski definition) is 1. The van der Waals surface area contributed by atoms with Crippen molar-refractivity contribution in [2.24, 2.45) is 0 Å². The Morgan fingerprint density at radius 1 is 0.417 bits per heavy atom. The summed E-state index contributed by atoms with van der Waals surface area (Å²) in [6, 6.07) is 0. The highest BCUT2D eigenvalue weighted by molar-refractivity contribution is 5.66. The van der Waals surface area contributed by atoms with E-state index >= 15 is 0 Å². The molecular formula is C30H60O6. The van der Waals surface area contributed by atoms with Gasteiger partial charge in [-0.15, -0.1) is 0 Å². The van der Waals surface area contributed by atoms with Gasteiger partial charge in [0.15, 0.2) is 0 Å². The lowest BCUT2D eigenvalue weighted by molar-refractivity contribution is -0.137. The van der Waals surface area contributed by atoms with E-state index in [-0.39, 0.29) is 0 Å². The standard InChI is InChI=1S/C30H60O6/c1-2-22-33-24-26-35-28-29-36-27-25-34-23-20-18-16-14-12-10-8-6-4-3-5-7-9-11-13-15-17-19-21-30(31)32/h2-29H2,1H3,(H,31,32). The van der Waals surface area contributed by atoms with Crippen LogP contribution in [0.15, 0.2) is 0 Å². The van der Waals surface area contributed by atoms with Crippen LogP contribution in [-0.4, -0.2) is 63.9 Å². The summed E-state index contributed by atoms with van der Waals surface area (Å²) in [5, 5.41) is 8.61. The second-order valence-corrected chi connectivity index (χ2v) is 9.96. The second kappa shape index (κ2) is 32.3. The van der Waals surface area contributed by atoms with Gasteiger partial charge in [-0.3, -0.25) is 4.79 Å². The van der Waals surface area contributed by atoms with Crippen molar-refractivity contribution in [2.45, 2.75) is 135 Å². The van der Waals surface area contributed by atoms with Crippen LogP contribution in [0.2, 0.25) is 0 Å². The van der Waals surface area contributed by atoms with Crippen LogP contribution < -0.4 is 0 Å². The molecule has 0 aromatic rings. The molecule has 0 aliphatic rings. The first-order chi connectivity index (χ1) is 17.8. The van der Waals surface area contributed by atoms with Gasteiger partial charge >= 0.3 is 5.97 Å². The molecule has 0 saturated carbocycles. The highest BCUT2D eigenvalue weighted by Gasteiger charge is 1.98. The van der Waals surface area contributed by atoms with Crippen molar-refractivity contribution < 1.29 is 28.8 Å². The van der Waals surface area contributed by atoms with E-state index < -0.39 is 5.97 Å². The number of aliphatic carboxylic acids is 1. The molecule has 0 aliphatic heterocycles. The number of ether oxygens (including phenoxy) is 4. The third-order valence-electron chi connectivity index (χ3n) is 6.39. The van der Waals surface area contributed by atoms with Crippen LogP contribution in [-0.2, 0) is 23.7 Å². The average Bonchev–Trinajstić information content (AvgIpc) is 2.87. The molecule has 0 saturated heterocycles. The van der Waals surface area contributed by atoms with Crippen molar-refractivity contribution in [3.8, 4) is 0 Å². The molecule has 0 bridgehead atoms. The maximum atomic E-state index is 10.5. The minimum atomic E-state index is -0.660.